The molecule has 1 fully saturated rings. The second-order valence-electron chi connectivity index (χ2n) is 24.9. The Labute approximate surface area is 521 Å². The standard InChI is InChI=1S/C68H127N5O11S/c1-4-7-10-13-16-19-22-25-28-31-34-37-40-43-46-49-61(74)69-58(67(80)70-60-53-73(72-71-60)52-59-64(77)65(78)66(79)68(81)84-59)56-85-55-57(83-63(76)51-48-45-42-39-36-33-30-27-24-21-18-15-12-9-6-3)54-82-62(75)50-47-44-41-38-35-32-29-26-23-20-17-14-11-8-5-2/h53,57-59,64-66,68,77-79,81H,4-52,54-56H2,1-3H3,(H,69,74)(H,70,80)/t57-,58-,59?,64?,65?,66?,68?/m1/s1. The molecule has 6 N–H and O–H groups in total. The Morgan fingerprint density at radius 3 is 1.29 bits per heavy atom. The molecule has 2 amide bonds. The van der Waals surface area contributed by atoms with E-state index in [1.807, 2.05) is 0 Å². The zero-order valence-corrected chi connectivity index (χ0v) is 55.1. The molecule has 1 aromatic heterocycles. The van der Waals surface area contributed by atoms with E-state index in [0.29, 0.717) is 12.8 Å². The molecule has 1 aliphatic heterocycles. The maximum atomic E-state index is 14.0. The number of aliphatic hydroxyl groups excluding tert-OH is 4. The molecule has 0 aliphatic carbocycles. The number of amides is 2. The van der Waals surface area contributed by atoms with Gasteiger partial charge in [-0.2, -0.15) is 11.8 Å². The average Bonchev–Trinajstić information content (AvgIpc) is 3.99. The number of carbonyl (C=O) groups excluding carboxylic acids is 4. The van der Waals surface area contributed by atoms with E-state index in [1.165, 1.54) is 241 Å². The predicted molar refractivity (Wildman–Crippen MR) is 346 cm³/mol. The summed E-state index contributed by atoms with van der Waals surface area (Å²) in [7, 11) is 0. The number of hydrogen-bond acceptors (Lipinski definition) is 14. The third-order valence-corrected chi connectivity index (χ3v) is 18.0. The van der Waals surface area contributed by atoms with Crippen molar-refractivity contribution in [2.45, 2.75) is 378 Å². The summed E-state index contributed by atoms with van der Waals surface area (Å²) < 4.78 is 18.3. The van der Waals surface area contributed by atoms with Gasteiger partial charge in [0, 0.05) is 30.8 Å². The first-order valence-corrected chi connectivity index (χ1v) is 36.4. The smallest absolute Gasteiger partial charge is 0.306 e. The molecule has 1 saturated heterocycles. The molecule has 2 heterocycles. The van der Waals surface area contributed by atoms with E-state index in [4.69, 9.17) is 14.2 Å². The molecular formula is C68H127N5O11S. The quantitative estimate of drug-likeness (QED) is 0.0263. The highest BCUT2D eigenvalue weighted by atomic mass is 32.2. The number of hydrogen-bond donors (Lipinski definition) is 6. The van der Waals surface area contributed by atoms with Gasteiger partial charge in [0.2, 0.25) is 11.8 Å². The lowest BCUT2D eigenvalue weighted by Crippen LogP contribution is -2.58. The number of unbranched alkanes of at least 4 members (excludes halogenated alkanes) is 42. The second kappa shape index (κ2) is 55.3. The zero-order valence-electron chi connectivity index (χ0n) is 54.3. The first-order valence-electron chi connectivity index (χ1n) is 35.3. The Morgan fingerprint density at radius 2 is 0.882 bits per heavy atom. The highest BCUT2D eigenvalue weighted by Gasteiger charge is 2.43. The van der Waals surface area contributed by atoms with Gasteiger partial charge in [0.15, 0.2) is 12.1 Å². The summed E-state index contributed by atoms with van der Waals surface area (Å²) in [5.41, 5.74) is 0. The van der Waals surface area contributed by atoms with E-state index in [9.17, 15) is 39.6 Å². The number of rotatable bonds is 60. The van der Waals surface area contributed by atoms with Gasteiger partial charge >= 0.3 is 11.9 Å². The average molecular weight is 1220 g/mol. The molecular weight excluding hydrogens is 1090 g/mol. The van der Waals surface area contributed by atoms with Gasteiger partial charge in [-0.25, -0.2) is 4.68 Å². The number of nitrogens with one attached hydrogen (secondary N) is 2. The van der Waals surface area contributed by atoms with E-state index in [0.717, 1.165) is 64.2 Å². The highest BCUT2D eigenvalue weighted by molar-refractivity contribution is 7.99. The van der Waals surface area contributed by atoms with Crippen molar-refractivity contribution in [3.63, 3.8) is 0 Å². The molecule has 0 bridgehead atoms. The summed E-state index contributed by atoms with van der Waals surface area (Å²) in [5, 5.41) is 54.3. The van der Waals surface area contributed by atoms with Crippen molar-refractivity contribution >= 4 is 41.3 Å². The predicted octanol–water partition coefficient (Wildman–Crippen LogP) is 15.5. The molecule has 16 nitrogen and oxygen atoms in total. The SMILES string of the molecule is CCCCCCCCCCCCCCCCCC(=O)N[C@H](CSC[C@@H](COC(=O)CCCCCCCCCCCCCCCCC)OC(=O)CCCCCCCCCCCCCCCCC)C(=O)Nc1cn(CC2OC(O)C(O)C(O)C2O)nn1. The summed E-state index contributed by atoms with van der Waals surface area (Å²) in [6, 6.07) is -1.02. The van der Waals surface area contributed by atoms with Crippen LogP contribution in [0.15, 0.2) is 6.20 Å². The van der Waals surface area contributed by atoms with Crippen LogP contribution in [-0.2, 0) is 39.9 Å². The molecule has 7 atom stereocenters. The lowest BCUT2D eigenvalue weighted by atomic mass is 9.99. The van der Waals surface area contributed by atoms with Crippen LogP contribution < -0.4 is 10.6 Å². The van der Waals surface area contributed by atoms with Gasteiger partial charge in [-0.1, -0.05) is 296 Å². The van der Waals surface area contributed by atoms with Crippen molar-refractivity contribution in [2.24, 2.45) is 0 Å². The Kier molecular flexibility index (Phi) is 50.9. The number of anilines is 1. The fraction of sp³-hybridized carbons (Fsp3) is 0.912. The molecule has 0 spiro atoms. The van der Waals surface area contributed by atoms with Crippen LogP contribution in [0.3, 0.4) is 0 Å². The first kappa shape index (κ1) is 78.3. The van der Waals surface area contributed by atoms with Crippen LogP contribution >= 0.6 is 11.8 Å². The van der Waals surface area contributed by atoms with E-state index in [1.54, 1.807) is 0 Å². The van der Waals surface area contributed by atoms with Gasteiger partial charge in [0.25, 0.3) is 0 Å². The Bertz CT molecular complexity index is 1740. The second-order valence-corrected chi connectivity index (χ2v) is 26.0. The van der Waals surface area contributed by atoms with Crippen molar-refractivity contribution in [1.29, 1.82) is 0 Å². The fourth-order valence-electron chi connectivity index (χ4n) is 11.2. The van der Waals surface area contributed by atoms with Crippen molar-refractivity contribution in [3.05, 3.63) is 6.20 Å². The number of thioether (sulfide) groups is 1. The molecule has 85 heavy (non-hydrogen) atoms. The normalized spacial score (nSPS) is 17.7. The van der Waals surface area contributed by atoms with Crippen molar-refractivity contribution in [1.82, 2.24) is 20.3 Å². The summed E-state index contributed by atoms with van der Waals surface area (Å²) >= 11 is 1.31. The number of esters is 2. The van der Waals surface area contributed by atoms with Gasteiger partial charge in [0.1, 0.15) is 43.2 Å². The molecule has 17 heteroatoms. The molecule has 1 aliphatic rings. The molecule has 1 aromatic rings. The van der Waals surface area contributed by atoms with Gasteiger partial charge in [0.05, 0.1) is 12.7 Å². The molecule has 0 radical (unpaired) electrons. The van der Waals surface area contributed by atoms with Crippen LogP contribution in [-0.4, -0.2) is 120 Å². The zero-order chi connectivity index (χ0) is 61.6. The van der Waals surface area contributed by atoms with Crippen molar-refractivity contribution in [3.8, 4) is 0 Å². The summed E-state index contributed by atoms with van der Waals surface area (Å²) in [5.74, 6) is -1.10. The number of carbonyl (C=O) groups is 4. The minimum absolute atomic E-state index is 0.0506. The number of nitrogens with zero attached hydrogens (tertiary/aromatic N) is 3. The van der Waals surface area contributed by atoms with E-state index >= 15 is 0 Å². The Hall–Kier alpha value is -2.83. The lowest BCUT2D eigenvalue weighted by Gasteiger charge is -2.38. The summed E-state index contributed by atoms with van der Waals surface area (Å²) in [6.07, 6.45) is 48.9. The fourth-order valence-corrected chi connectivity index (χ4v) is 12.3. The van der Waals surface area contributed by atoms with E-state index < -0.39 is 48.8 Å². The van der Waals surface area contributed by atoms with Crippen LogP contribution in [0.4, 0.5) is 5.82 Å². The number of aromatic nitrogens is 3. The van der Waals surface area contributed by atoms with Crippen LogP contribution in [0.1, 0.15) is 329 Å². The van der Waals surface area contributed by atoms with Crippen molar-refractivity contribution < 1.29 is 53.8 Å². The summed E-state index contributed by atoms with van der Waals surface area (Å²) in [6.45, 7) is 6.51. The third kappa shape index (κ3) is 43.5. The van der Waals surface area contributed by atoms with Gasteiger partial charge in [-0.15, -0.1) is 5.10 Å². The van der Waals surface area contributed by atoms with Gasteiger partial charge < -0.3 is 45.3 Å². The van der Waals surface area contributed by atoms with Crippen LogP contribution in [0.25, 0.3) is 0 Å². The molecule has 496 valence electrons. The van der Waals surface area contributed by atoms with Gasteiger partial charge in [-0.3, -0.25) is 19.2 Å². The minimum Gasteiger partial charge on any atom is -0.462 e. The van der Waals surface area contributed by atoms with Crippen LogP contribution in [0.5, 0.6) is 0 Å². The van der Waals surface area contributed by atoms with E-state index in [-0.39, 0.29) is 61.2 Å². The first-order chi connectivity index (χ1) is 41.5. The monoisotopic (exact) mass is 1220 g/mol. The topological polar surface area (TPSA) is 232 Å². The maximum Gasteiger partial charge on any atom is 0.306 e. The number of aliphatic hydroxyl groups is 4. The summed E-state index contributed by atoms with van der Waals surface area (Å²) in [4.78, 5) is 53.8. The third-order valence-electron chi connectivity index (χ3n) is 16.8. The Balaban J connectivity index is 1.96. The van der Waals surface area contributed by atoms with Crippen molar-refractivity contribution in [2.75, 3.05) is 23.4 Å². The molecule has 0 saturated carbocycles. The number of ether oxygens (including phenoxy) is 3. The molecule has 0 aromatic carbocycles. The van der Waals surface area contributed by atoms with Crippen LogP contribution in [0, 0.1) is 0 Å². The Morgan fingerprint density at radius 1 is 0.506 bits per heavy atom. The molecule has 5 unspecified atom stereocenters. The van der Waals surface area contributed by atoms with Crippen LogP contribution in [0.2, 0.25) is 0 Å². The van der Waals surface area contributed by atoms with E-state index in [2.05, 4.69) is 41.7 Å². The minimum atomic E-state index is -1.72. The largest absolute Gasteiger partial charge is 0.462 e. The lowest BCUT2D eigenvalue weighted by molar-refractivity contribution is -0.284. The van der Waals surface area contributed by atoms with Gasteiger partial charge in [-0.05, 0) is 19.3 Å². The maximum absolute atomic E-state index is 14.0. The highest BCUT2D eigenvalue weighted by Crippen LogP contribution is 2.23. The molecule has 2 rings (SSSR count).